The second-order valence-corrected chi connectivity index (χ2v) is 10.9. The quantitative estimate of drug-likeness (QED) is 0.241. The Labute approximate surface area is 229 Å². The number of nitrogens with zero attached hydrogens (tertiary/aromatic N) is 2. The van der Waals surface area contributed by atoms with Crippen LogP contribution in [0.4, 0.5) is 8.78 Å². The van der Waals surface area contributed by atoms with E-state index in [9.17, 15) is 18.4 Å². The maximum atomic E-state index is 14.1. The number of rotatable bonds is 12. The highest BCUT2D eigenvalue weighted by Crippen LogP contribution is 2.42. The number of nitrogens with two attached hydrogens (primary N) is 1. The third-order valence-electron chi connectivity index (χ3n) is 7.16. The molecule has 3 rings (SSSR count). The van der Waals surface area contributed by atoms with E-state index in [1.54, 1.807) is 29.2 Å². The molecule has 0 bridgehead atoms. The molecule has 2 aromatic carbocycles. The lowest BCUT2D eigenvalue weighted by atomic mass is 9.86. The van der Waals surface area contributed by atoms with Gasteiger partial charge in [-0.15, -0.1) is 0 Å². The normalized spacial score (nSPS) is 18.7. The average Bonchev–Trinajstić information content (AvgIpc) is 3.14. The van der Waals surface area contributed by atoms with Gasteiger partial charge in [0.15, 0.2) is 0 Å². The van der Waals surface area contributed by atoms with Gasteiger partial charge in [-0.1, -0.05) is 39.8 Å². The summed E-state index contributed by atoms with van der Waals surface area (Å²) in [6, 6.07) is 9.63. The molecule has 3 unspecified atom stereocenters. The molecule has 4 N–H and O–H groups in total. The molecule has 0 saturated heterocycles. The molecule has 0 fully saturated rings. The van der Waals surface area contributed by atoms with Gasteiger partial charge in [0.1, 0.15) is 23.0 Å². The van der Waals surface area contributed by atoms with Crippen molar-refractivity contribution in [1.29, 1.82) is 5.41 Å². The fourth-order valence-electron chi connectivity index (χ4n) is 5.49. The molecule has 0 radical (unpaired) electrons. The van der Waals surface area contributed by atoms with Crippen LogP contribution in [0.25, 0.3) is 0 Å². The molecule has 1 aliphatic heterocycles. The summed E-state index contributed by atoms with van der Waals surface area (Å²) in [6.45, 7) is 10.6. The standard InChI is InChI=1S/C30H39F2N5O2/c1-6-30(17-19(4)13-18(2)3)36-27(23-14-24(31)16-25(32)15-23)29(39)37(30)20(5)21-7-9-22(10-8-21)28(38)35-12-11-26(33)34/h7-10,14-16,18-20H,6,11-13,17H2,1-5H3,(H3,33,34)(H,35,38). The van der Waals surface area contributed by atoms with Gasteiger partial charge < -0.3 is 16.0 Å². The van der Waals surface area contributed by atoms with Crippen molar-refractivity contribution in [1.82, 2.24) is 10.2 Å². The number of carbonyl (C=O) groups excluding carboxylic acids is 2. The Balaban J connectivity index is 1.96. The fraction of sp³-hybridized carbons (Fsp3) is 0.467. The minimum Gasteiger partial charge on any atom is -0.388 e. The zero-order valence-corrected chi connectivity index (χ0v) is 23.4. The third kappa shape index (κ3) is 7.07. The Morgan fingerprint density at radius 2 is 1.72 bits per heavy atom. The molecule has 2 amide bonds. The van der Waals surface area contributed by atoms with Crippen molar-refractivity contribution < 1.29 is 18.4 Å². The summed E-state index contributed by atoms with van der Waals surface area (Å²) in [7, 11) is 0. The van der Waals surface area contributed by atoms with E-state index in [1.807, 2.05) is 13.8 Å². The number of carbonyl (C=O) groups is 2. The Kier molecular flexibility index (Phi) is 9.59. The lowest BCUT2D eigenvalue weighted by Gasteiger charge is -2.41. The van der Waals surface area contributed by atoms with Crippen molar-refractivity contribution in [3.63, 3.8) is 0 Å². The molecule has 39 heavy (non-hydrogen) atoms. The van der Waals surface area contributed by atoms with E-state index in [1.165, 1.54) is 0 Å². The first kappa shape index (κ1) is 29.9. The first-order valence-corrected chi connectivity index (χ1v) is 13.5. The van der Waals surface area contributed by atoms with Crippen LogP contribution in [0.1, 0.15) is 87.8 Å². The summed E-state index contributed by atoms with van der Waals surface area (Å²) in [5, 5.41) is 10.0. The Morgan fingerprint density at radius 1 is 1.10 bits per heavy atom. The summed E-state index contributed by atoms with van der Waals surface area (Å²) >= 11 is 0. The molecular weight excluding hydrogens is 500 g/mol. The number of hydrogen-bond donors (Lipinski definition) is 3. The number of amides is 2. The average molecular weight is 540 g/mol. The van der Waals surface area contributed by atoms with Crippen LogP contribution in [0.5, 0.6) is 0 Å². The lowest BCUT2D eigenvalue weighted by molar-refractivity contribution is -0.131. The van der Waals surface area contributed by atoms with E-state index in [-0.39, 0.29) is 47.8 Å². The van der Waals surface area contributed by atoms with Gasteiger partial charge in [0.05, 0.1) is 11.9 Å². The first-order valence-electron chi connectivity index (χ1n) is 13.5. The lowest BCUT2D eigenvalue weighted by Crippen LogP contribution is -2.48. The molecule has 210 valence electrons. The van der Waals surface area contributed by atoms with Gasteiger partial charge >= 0.3 is 0 Å². The second-order valence-electron chi connectivity index (χ2n) is 10.9. The molecule has 0 saturated carbocycles. The number of benzene rings is 2. The van der Waals surface area contributed by atoms with Crippen LogP contribution >= 0.6 is 0 Å². The highest BCUT2D eigenvalue weighted by molar-refractivity contribution is 6.46. The van der Waals surface area contributed by atoms with E-state index in [2.05, 4.69) is 26.1 Å². The monoisotopic (exact) mass is 539 g/mol. The van der Waals surface area contributed by atoms with E-state index in [0.717, 1.165) is 30.2 Å². The van der Waals surface area contributed by atoms with Crippen LogP contribution in [-0.2, 0) is 4.79 Å². The Bertz CT molecular complexity index is 1220. The van der Waals surface area contributed by atoms with Crippen molar-refractivity contribution in [2.45, 2.75) is 72.0 Å². The predicted octanol–water partition coefficient (Wildman–Crippen LogP) is 5.59. The summed E-state index contributed by atoms with van der Waals surface area (Å²) in [4.78, 5) is 33.0. The highest BCUT2D eigenvalue weighted by Gasteiger charge is 2.49. The molecular formula is C30H39F2N5O2. The predicted molar refractivity (Wildman–Crippen MR) is 150 cm³/mol. The first-order chi connectivity index (χ1) is 18.4. The SMILES string of the molecule is CCC1(CC(C)CC(C)C)N=C(c2cc(F)cc(F)c2)C(=O)N1C(C)c1ccc(C(=O)NCCC(=N)N)cc1. The highest BCUT2D eigenvalue weighted by atomic mass is 19.1. The van der Waals surface area contributed by atoms with Crippen LogP contribution in [0.3, 0.4) is 0 Å². The van der Waals surface area contributed by atoms with E-state index in [0.29, 0.717) is 24.3 Å². The van der Waals surface area contributed by atoms with Crippen LogP contribution < -0.4 is 11.1 Å². The molecule has 1 heterocycles. The van der Waals surface area contributed by atoms with Crippen molar-refractivity contribution in [3.8, 4) is 0 Å². The molecule has 3 atom stereocenters. The van der Waals surface area contributed by atoms with Crippen LogP contribution in [0, 0.1) is 28.9 Å². The van der Waals surface area contributed by atoms with Gasteiger partial charge in [0.25, 0.3) is 11.8 Å². The minimum atomic E-state index is -0.883. The zero-order valence-electron chi connectivity index (χ0n) is 23.4. The minimum absolute atomic E-state index is 0.000518. The topological polar surface area (TPSA) is 112 Å². The zero-order chi connectivity index (χ0) is 28.9. The van der Waals surface area contributed by atoms with E-state index in [4.69, 9.17) is 16.1 Å². The number of nitrogens with one attached hydrogen (secondary N) is 2. The maximum absolute atomic E-state index is 14.1. The van der Waals surface area contributed by atoms with Gasteiger partial charge in [-0.05, 0) is 67.9 Å². The van der Waals surface area contributed by atoms with Gasteiger partial charge in [-0.2, -0.15) is 0 Å². The Hall–Kier alpha value is -3.62. The van der Waals surface area contributed by atoms with E-state index < -0.39 is 23.3 Å². The fourth-order valence-corrected chi connectivity index (χ4v) is 5.49. The van der Waals surface area contributed by atoms with Crippen LogP contribution in [0.15, 0.2) is 47.5 Å². The summed E-state index contributed by atoms with van der Waals surface area (Å²) in [5.41, 5.74) is 5.89. The van der Waals surface area contributed by atoms with Gasteiger partial charge in [-0.3, -0.25) is 20.0 Å². The maximum Gasteiger partial charge on any atom is 0.275 e. The molecule has 0 spiro atoms. The number of aliphatic imine (C=N–C) groups is 1. The number of halogens is 2. The van der Waals surface area contributed by atoms with Gasteiger partial charge in [0, 0.05) is 30.2 Å². The largest absolute Gasteiger partial charge is 0.388 e. The summed E-state index contributed by atoms with van der Waals surface area (Å²) in [6.07, 6.45) is 2.36. The number of hydrogen-bond acceptors (Lipinski definition) is 4. The summed E-state index contributed by atoms with van der Waals surface area (Å²) in [5.74, 6) is -1.47. The molecule has 9 heteroatoms. The number of amidine groups is 1. The van der Waals surface area contributed by atoms with Crippen molar-refractivity contribution in [2.24, 2.45) is 22.6 Å². The van der Waals surface area contributed by atoms with Crippen molar-refractivity contribution in [3.05, 3.63) is 70.8 Å². The Morgan fingerprint density at radius 3 is 2.26 bits per heavy atom. The molecule has 2 aromatic rings. The van der Waals surface area contributed by atoms with Crippen LogP contribution in [-0.4, -0.2) is 40.5 Å². The van der Waals surface area contributed by atoms with Crippen LogP contribution in [0.2, 0.25) is 0 Å². The smallest absolute Gasteiger partial charge is 0.275 e. The van der Waals surface area contributed by atoms with Crippen molar-refractivity contribution >= 4 is 23.4 Å². The third-order valence-corrected chi connectivity index (χ3v) is 7.16. The van der Waals surface area contributed by atoms with Gasteiger partial charge in [-0.25, -0.2) is 8.78 Å². The van der Waals surface area contributed by atoms with Crippen molar-refractivity contribution in [2.75, 3.05) is 6.54 Å². The molecule has 0 aromatic heterocycles. The van der Waals surface area contributed by atoms with Gasteiger partial charge in [0.2, 0.25) is 0 Å². The second kappa shape index (κ2) is 12.5. The molecule has 7 nitrogen and oxygen atoms in total. The van der Waals surface area contributed by atoms with E-state index >= 15 is 0 Å². The summed E-state index contributed by atoms with van der Waals surface area (Å²) < 4.78 is 28.2. The molecule has 1 aliphatic rings. The molecule has 0 aliphatic carbocycles.